The minimum absolute atomic E-state index is 0.107. The maximum absolute atomic E-state index is 13.1. The van der Waals surface area contributed by atoms with Crippen LogP contribution in [0.15, 0.2) is 36.9 Å². The van der Waals surface area contributed by atoms with Gasteiger partial charge in [-0.2, -0.15) is 5.10 Å². The number of rotatable bonds is 2. The highest BCUT2D eigenvalue weighted by atomic mass is 16.6. The highest BCUT2D eigenvalue weighted by Crippen LogP contribution is 2.31. The van der Waals surface area contributed by atoms with Crippen LogP contribution in [0.2, 0.25) is 0 Å². The summed E-state index contributed by atoms with van der Waals surface area (Å²) in [5.41, 5.74) is 0.252. The summed E-state index contributed by atoms with van der Waals surface area (Å²) < 4.78 is 7.37. The second kappa shape index (κ2) is 5.98. The minimum atomic E-state index is -1.16. The van der Waals surface area contributed by atoms with Crippen LogP contribution >= 0.6 is 0 Å². The molecule has 0 radical (unpaired) electrons. The van der Waals surface area contributed by atoms with Crippen molar-refractivity contribution in [1.82, 2.24) is 19.7 Å². The molecule has 0 spiro atoms. The first-order valence-corrected chi connectivity index (χ1v) is 8.51. The highest BCUT2D eigenvalue weighted by Gasteiger charge is 2.45. The number of esters is 1. The molecule has 1 fully saturated rings. The first-order valence-electron chi connectivity index (χ1n) is 8.51. The number of amides is 1. The van der Waals surface area contributed by atoms with E-state index < -0.39 is 11.6 Å². The van der Waals surface area contributed by atoms with Gasteiger partial charge in [0, 0.05) is 19.5 Å². The van der Waals surface area contributed by atoms with Gasteiger partial charge < -0.3 is 9.64 Å². The molecular weight excluding hydrogens is 320 g/mol. The molecule has 1 aromatic heterocycles. The molecule has 0 bridgehead atoms. The largest absolute Gasteiger partial charge is 0.445 e. The average Bonchev–Trinajstić information content (AvgIpc) is 3.16. The number of piperidine rings is 1. The predicted molar refractivity (Wildman–Crippen MR) is 88.8 cm³/mol. The van der Waals surface area contributed by atoms with Gasteiger partial charge in [0.25, 0.3) is 5.91 Å². The summed E-state index contributed by atoms with van der Waals surface area (Å²) in [5.74, 6) is -0.567. The molecular formula is C18H20N4O3. The molecule has 0 N–H and O–H groups in total. The van der Waals surface area contributed by atoms with Gasteiger partial charge in [-0.3, -0.25) is 4.79 Å². The number of likely N-dealkylation sites (tertiary alicyclic amines) is 1. The predicted octanol–water partition coefficient (Wildman–Crippen LogP) is 1.61. The monoisotopic (exact) mass is 340 g/mol. The van der Waals surface area contributed by atoms with E-state index in [0.29, 0.717) is 25.1 Å². The first kappa shape index (κ1) is 15.8. The summed E-state index contributed by atoms with van der Waals surface area (Å²) in [5, 5.41) is 4.19. The molecule has 1 amide bonds. The van der Waals surface area contributed by atoms with Gasteiger partial charge in [-0.05, 0) is 31.4 Å². The number of carbonyl (C=O) groups excluding carboxylic acids is 2. The summed E-state index contributed by atoms with van der Waals surface area (Å²) >= 11 is 0. The smallest absolute Gasteiger partial charge is 0.339 e. The van der Waals surface area contributed by atoms with E-state index in [1.165, 1.54) is 6.33 Å². The van der Waals surface area contributed by atoms with Crippen LogP contribution in [0, 0.1) is 0 Å². The number of aromatic nitrogens is 3. The summed E-state index contributed by atoms with van der Waals surface area (Å²) in [6.45, 7) is 2.93. The van der Waals surface area contributed by atoms with Gasteiger partial charge in [0.15, 0.2) is 5.60 Å². The van der Waals surface area contributed by atoms with Crippen molar-refractivity contribution in [3.8, 4) is 0 Å². The van der Waals surface area contributed by atoms with Crippen LogP contribution in [0.3, 0.4) is 0 Å². The molecule has 4 rings (SSSR count). The number of hydrogen-bond acceptors (Lipinski definition) is 5. The molecule has 3 heterocycles. The molecule has 2 aliphatic rings. The Hall–Kier alpha value is -2.70. The van der Waals surface area contributed by atoms with E-state index in [0.717, 1.165) is 18.4 Å². The summed E-state index contributed by atoms with van der Waals surface area (Å²) in [4.78, 5) is 31.2. The van der Waals surface area contributed by atoms with Crippen molar-refractivity contribution < 1.29 is 14.3 Å². The fourth-order valence-electron chi connectivity index (χ4n) is 3.75. The zero-order valence-electron chi connectivity index (χ0n) is 14.1. The molecule has 0 unspecified atom stereocenters. The summed E-state index contributed by atoms with van der Waals surface area (Å²) in [6.07, 6.45) is 5.42. The summed E-state index contributed by atoms with van der Waals surface area (Å²) in [6, 6.07) is 7.41. The van der Waals surface area contributed by atoms with Gasteiger partial charge in [-0.1, -0.05) is 18.2 Å². The van der Waals surface area contributed by atoms with Gasteiger partial charge in [0.1, 0.15) is 12.7 Å². The third-order valence-electron chi connectivity index (χ3n) is 5.03. The van der Waals surface area contributed by atoms with Gasteiger partial charge in [-0.25, -0.2) is 14.5 Å². The second-order valence-corrected chi connectivity index (χ2v) is 6.88. The molecule has 2 aliphatic heterocycles. The van der Waals surface area contributed by atoms with Crippen molar-refractivity contribution in [3.05, 3.63) is 48.0 Å². The zero-order chi connectivity index (χ0) is 17.4. The Morgan fingerprint density at radius 2 is 2.20 bits per heavy atom. The normalized spacial score (nSPS) is 26.0. The molecule has 1 aromatic carbocycles. The van der Waals surface area contributed by atoms with E-state index >= 15 is 0 Å². The van der Waals surface area contributed by atoms with E-state index in [2.05, 4.69) is 10.1 Å². The topological polar surface area (TPSA) is 77.3 Å². The van der Waals surface area contributed by atoms with Crippen molar-refractivity contribution >= 4 is 11.9 Å². The third kappa shape index (κ3) is 2.79. The fourth-order valence-corrected chi connectivity index (χ4v) is 3.75. The number of ether oxygens (including phenoxy) is 1. The van der Waals surface area contributed by atoms with Crippen LogP contribution in [0.25, 0.3) is 0 Å². The fraction of sp³-hybridized carbons (Fsp3) is 0.444. The Morgan fingerprint density at radius 1 is 1.36 bits per heavy atom. The lowest BCUT2D eigenvalue weighted by atomic mass is 9.88. The van der Waals surface area contributed by atoms with Gasteiger partial charge >= 0.3 is 5.97 Å². The number of nitrogens with zero attached hydrogens (tertiary/aromatic N) is 4. The van der Waals surface area contributed by atoms with Gasteiger partial charge in [-0.15, -0.1) is 0 Å². The second-order valence-electron chi connectivity index (χ2n) is 6.88. The molecule has 1 saturated heterocycles. The molecule has 0 saturated carbocycles. The van der Waals surface area contributed by atoms with Crippen molar-refractivity contribution in [2.45, 2.75) is 37.8 Å². The maximum atomic E-state index is 13.1. The number of fused-ring (bicyclic) bond motifs is 1. The van der Waals surface area contributed by atoms with Gasteiger partial charge in [0.2, 0.25) is 0 Å². The number of hydrogen-bond donors (Lipinski definition) is 0. The lowest BCUT2D eigenvalue weighted by Crippen LogP contribution is -2.55. The van der Waals surface area contributed by atoms with Crippen molar-refractivity contribution in [1.29, 1.82) is 0 Å². The molecule has 25 heavy (non-hydrogen) atoms. The Bertz CT molecular complexity index is 804. The van der Waals surface area contributed by atoms with E-state index in [-0.39, 0.29) is 11.9 Å². The number of benzene rings is 1. The highest BCUT2D eigenvalue weighted by molar-refractivity contribution is 5.97. The van der Waals surface area contributed by atoms with Crippen LogP contribution < -0.4 is 0 Å². The molecule has 2 aromatic rings. The standard InChI is InChI=1S/C18H20N4O3/c1-18(9-13-5-2-3-7-15(13)16(23)25-18)17(24)21-8-4-6-14(10-21)22-12-19-11-20-22/h2-3,5,7,11-12,14H,4,6,8-10H2,1H3/t14-,18-/m1/s1. The number of cyclic esters (lactones) is 1. The lowest BCUT2D eigenvalue weighted by molar-refractivity contribution is -0.152. The lowest BCUT2D eigenvalue weighted by Gasteiger charge is -2.40. The molecule has 7 heteroatoms. The Morgan fingerprint density at radius 3 is 3.00 bits per heavy atom. The van der Waals surface area contributed by atoms with Crippen molar-refractivity contribution in [3.63, 3.8) is 0 Å². The SMILES string of the molecule is C[C@]1(C(=O)N2CCC[C@@H](n3cncn3)C2)Cc2ccccc2C(=O)O1. The quantitative estimate of drug-likeness (QED) is 0.776. The van der Waals surface area contributed by atoms with Crippen LogP contribution in [0.1, 0.15) is 41.7 Å². The molecule has 0 aliphatic carbocycles. The van der Waals surface area contributed by atoms with E-state index in [1.807, 2.05) is 12.1 Å². The average molecular weight is 340 g/mol. The van der Waals surface area contributed by atoms with Crippen LogP contribution in [0.5, 0.6) is 0 Å². The van der Waals surface area contributed by atoms with E-state index in [4.69, 9.17) is 4.74 Å². The first-order chi connectivity index (χ1) is 12.1. The van der Waals surface area contributed by atoms with Crippen LogP contribution in [-0.2, 0) is 16.0 Å². The van der Waals surface area contributed by atoms with E-state index in [9.17, 15) is 9.59 Å². The Balaban J connectivity index is 1.55. The molecule has 2 atom stereocenters. The maximum Gasteiger partial charge on any atom is 0.339 e. The molecule has 130 valence electrons. The third-order valence-corrected chi connectivity index (χ3v) is 5.03. The van der Waals surface area contributed by atoms with Crippen LogP contribution in [0.4, 0.5) is 0 Å². The summed E-state index contributed by atoms with van der Waals surface area (Å²) in [7, 11) is 0. The number of carbonyl (C=O) groups is 2. The van der Waals surface area contributed by atoms with Gasteiger partial charge in [0.05, 0.1) is 11.6 Å². The van der Waals surface area contributed by atoms with E-state index in [1.54, 1.807) is 35.0 Å². The zero-order valence-corrected chi connectivity index (χ0v) is 14.1. The Labute approximate surface area is 145 Å². The minimum Gasteiger partial charge on any atom is -0.445 e. The van der Waals surface area contributed by atoms with Crippen LogP contribution in [-0.4, -0.2) is 50.2 Å². The van der Waals surface area contributed by atoms with Crippen molar-refractivity contribution in [2.24, 2.45) is 0 Å². The Kier molecular flexibility index (Phi) is 3.78. The van der Waals surface area contributed by atoms with Crippen molar-refractivity contribution in [2.75, 3.05) is 13.1 Å². The molecule has 7 nitrogen and oxygen atoms in total.